The molecule has 2 fully saturated rings. The molecule has 3 rings (SSSR count). The predicted molar refractivity (Wildman–Crippen MR) is 98.5 cm³/mol. The summed E-state index contributed by atoms with van der Waals surface area (Å²) in [5.74, 6) is -2.89. The van der Waals surface area contributed by atoms with Crippen LogP contribution in [-0.2, 0) is 14.4 Å². The standard InChI is InChI=1S/C16H26N4O.C2H2O4/c21-16(13-19-10-5-2-6-11-19)17-15-9-12-20(18-15)14-7-3-1-4-8-14;3-1(4)2(5)6/h9,12,14H,1-8,10-11,13H2,(H,17,18,21);(H,3,4)(H,5,6). The van der Waals surface area contributed by atoms with E-state index in [1.54, 1.807) is 0 Å². The molecule has 9 heteroatoms. The van der Waals surface area contributed by atoms with Gasteiger partial charge in [-0.1, -0.05) is 25.7 Å². The third-order valence-corrected chi connectivity index (χ3v) is 4.82. The average Bonchev–Trinajstić information content (AvgIpc) is 3.12. The molecule has 2 heterocycles. The Kier molecular flexibility index (Phi) is 8.25. The van der Waals surface area contributed by atoms with Gasteiger partial charge in [0.25, 0.3) is 0 Å². The van der Waals surface area contributed by atoms with Crippen LogP contribution in [0.15, 0.2) is 12.3 Å². The van der Waals surface area contributed by atoms with Gasteiger partial charge in [-0.2, -0.15) is 5.10 Å². The fourth-order valence-corrected chi connectivity index (χ4v) is 3.46. The maximum absolute atomic E-state index is 12.1. The van der Waals surface area contributed by atoms with Gasteiger partial charge in [0.2, 0.25) is 5.91 Å². The fourth-order valence-electron chi connectivity index (χ4n) is 3.46. The zero-order valence-electron chi connectivity index (χ0n) is 15.5. The number of aliphatic carboxylic acids is 2. The molecule has 1 saturated carbocycles. The molecule has 1 aromatic heterocycles. The molecule has 0 atom stereocenters. The Balaban J connectivity index is 0.000000380. The molecule has 1 amide bonds. The lowest BCUT2D eigenvalue weighted by Gasteiger charge is -2.25. The van der Waals surface area contributed by atoms with E-state index >= 15 is 0 Å². The maximum Gasteiger partial charge on any atom is 0.414 e. The lowest BCUT2D eigenvalue weighted by atomic mass is 9.96. The Morgan fingerprint density at radius 2 is 1.59 bits per heavy atom. The first-order valence-corrected chi connectivity index (χ1v) is 9.49. The van der Waals surface area contributed by atoms with Crippen LogP contribution < -0.4 is 5.32 Å². The average molecular weight is 380 g/mol. The molecule has 1 saturated heterocycles. The van der Waals surface area contributed by atoms with Crippen molar-refractivity contribution in [3.63, 3.8) is 0 Å². The van der Waals surface area contributed by atoms with Crippen molar-refractivity contribution in [1.82, 2.24) is 14.7 Å². The van der Waals surface area contributed by atoms with Gasteiger partial charge in [-0.15, -0.1) is 0 Å². The maximum atomic E-state index is 12.1. The highest BCUT2D eigenvalue weighted by Crippen LogP contribution is 2.27. The van der Waals surface area contributed by atoms with E-state index in [9.17, 15) is 4.79 Å². The first kappa shape index (κ1) is 20.9. The van der Waals surface area contributed by atoms with E-state index in [1.165, 1.54) is 51.4 Å². The van der Waals surface area contributed by atoms with E-state index in [2.05, 4.69) is 15.3 Å². The molecule has 0 aromatic carbocycles. The summed E-state index contributed by atoms with van der Waals surface area (Å²) in [5, 5.41) is 22.3. The van der Waals surface area contributed by atoms with Crippen LogP contribution in [0.2, 0.25) is 0 Å². The molecule has 1 aromatic rings. The Labute approximate surface area is 158 Å². The molecule has 1 aliphatic carbocycles. The van der Waals surface area contributed by atoms with Crippen LogP contribution in [0.1, 0.15) is 57.4 Å². The minimum absolute atomic E-state index is 0.0609. The monoisotopic (exact) mass is 380 g/mol. The summed E-state index contributed by atoms with van der Waals surface area (Å²) in [7, 11) is 0. The molecule has 0 radical (unpaired) electrons. The first-order chi connectivity index (χ1) is 13.0. The lowest BCUT2D eigenvalue weighted by molar-refractivity contribution is -0.159. The third-order valence-electron chi connectivity index (χ3n) is 4.82. The van der Waals surface area contributed by atoms with Crippen LogP contribution >= 0.6 is 0 Å². The Hall–Kier alpha value is -2.42. The quantitative estimate of drug-likeness (QED) is 0.682. The predicted octanol–water partition coefficient (Wildman–Crippen LogP) is 1.97. The van der Waals surface area contributed by atoms with Gasteiger partial charge in [-0.25, -0.2) is 9.59 Å². The number of likely N-dealkylation sites (tertiary alicyclic amines) is 1. The lowest BCUT2D eigenvalue weighted by Crippen LogP contribution is -2.36. The highest BCUT2D eigenvalue weighted by molar-refractivity contribution is 6.27. The number of piperidine rings is 1. The molecule has 0 spiro atoms. The normalized spacial score (nSPS) is 18.2. The van der Waals surface area contributed by atoms with Crippen LogP contribution in [0.5, 0.6) is 0 Å². The topological polar surface area (TPSA) is 125 Å². The molecular weight excluding hydrogens is 352 g/mol. The highest BCUT2D eigenvalue weighted by atomic mass is 16.4. The van der Waals surface area contributed by atoms with E-state index < -0.39 is 11.9 Å². The van der Waals surface area contributed by atoms with Crippen molar-refractivity contribution >= 4 is 23.7 Å². The van der Waals surface area contributed by atoms with Crippen LogP contribution in [0.25, 0.3) is 0 Å². The number of carboxylic acids is 2. The molecule has 2 aliphatic rings. The van der Waals surface area contributed by atoms with Crippen LogP contribution in [-0.4, -0.2) is 62.4 Å². The van der Waals surface area contributed by atoms with Crippen LogP contribution in [0.3, 0.4) is 0 Å². The zero-order chi connectivity index (χ0) is 19.6. The van der Waals surface area contributed by atoms with Gasteiger partial charge < -0.3 is 15.5 Å². The second-order valence-corrected chi connectivity index (χ2v) is 6.97. The fraction of sp³-hybridized carbons (Fsp3) is 0.667. The first-order valence-electron chi connectivity index (χ1n) is 9.49. The van der Waals surface area contributed by atoms with Gasteiger partial charge in [-0.3, -0.25) is 14.4 Å². The number of carbonyl (C=O) groups is 3. The molecular formula is C18H28N4O5. The number of anilines is 1. The smallest absolute Gasteiger partial charge is 0.414 e. The number of carboxylic acid groups (broad SMARTS) is 2. The Morgan fingerprint density at radius 3 is 2.19 bits per heavy atom. The molecule has 1 aliphatic heterocycles. The number of carbonyl (C=O) groups excluding carboxylic acids is 1. The van der Waals surface area contributed by atoms with E-state index in [4.69, 9.17) is 19.8 Å². The van der Waals surface area contributed by atoms with Crippen molar-refractivity contribution in [3.05, 3.63) is 12.3 Å². The Morgan fingerprint density at radius 1 is 1.00 bits per heavy atom. The number of aromatic nitrogens is 2. The van der Waals surface area contributed by atoms with Crippen molar-refractivity contribution in [2.24, 2.45) is 0 Å². The number of nitrogens with one attached hydrogen (secondary N) is 1. The number of hydrogen-bond donors (Lipinski definition) is 3. The van der Waals surface area contributed by atoms with Crippen molar-refractivity contribution in [1.29, 1.82) is 0 Å². The van der Waals surface area contributed by atoms with Gasteiger partial charge in [-0.05, 0) is 38.8 Å². The van der Waals surface area contributed by atoms with E-state index in [0.29, 0.717) is 18.4 Å². The number of rotatable bonds is 4. The third kappa shape index (κ3) is 7.38. The Bertz CT molecular complexity index is 621. The minimum Gasteiger partial charge on any atom is -0.473 e. The summed E-state index contributed by atoms with van der Waals surface area (Å²) in [6, 6.07) is 2.44. The van der Waals surface area contributed by atoms with Gasteiger partial charge >= 0.3 is 11.9 Å². The van der Waals surface area contributed by atoms with Crippen molar-refractivity contribution in [3.8, 4) is 0 Å². The summed E-state index contributed by atoms with van der Waals surface area (Å²) in [5.41, 5.74) is 0. The zero-order valence-corrected chi connectivity index (χ0v) is 15.5. The SMILES string of the molecule is O=C(CN1CCCCC1)Nc1ccn(C2CCCCC2)n1.O=C(O)C(=O)O. The number of nitrogens with zero attached hydrogens (tertiary/aromatic N) is 3. The highest BCUT2D eigenvalue weighted by Gasteiger charge is 2.17. The summed E-state index contributed by atoms with van der Waals surface area (Å²) < 4.78 is 2.04. The van der Waals surface area contributed by atoms with Crippen molar-refractivity contribution in [2.75, 3.05) is 25.0 Å². The van der Waals surface area contributed by atoms with Crippen molar-refractivity contribution < 1.29 is 24.6 Å². The van der Waals surface area contributed by atoms with Crippen LogP contribution in [0.4, 0.5) is 5.82 Å². The molecule has 9 nitrogen and oxygen atoms in total. The summed E-state index contributed by atoms with van der Waals surface area (Å²) in [6.07, 6.45) is 12.1. The summed E-state index contributed by atoms with van der Waals surface area (Å²) in [4.78, 5) is 32.5. The summed E-state index contributed by atoms with van der Waals surface area (Å²) in [6.45, 7) is 2.59. The van der Waals surface area contributed by atoms with Gasteiger partial charge in [0.15, 0.2) is 5.82 Å². The molecule has 150 valence electrons. The summed E-state index contributed by atoms with van der Waals surface area (Å²) >= 11 is 0. The molecule has 3 N–H and O–H groups in total. The van der Waals surface area contributed by atoms with Gasteiger partial charge in [0, 0.05) is 12.3 Å². The molecule has 27 heavy (non-hydrogen) atoms. The largest absolute Gasteiger partial charge is 0.473 e. The van der Waals surface area contributed by atoms with Gasteiger partial charge in [0.05, 0.1) is 12.6 Å². The van der Waals surface area contributed by atoms with E-state index in [-0.39, 0.29) is 5.91 Å². The minimum atomic E-state index is -1.82. The second-order valence-electron chi connectivity index (χ2n) is 6.97. The van der Waals surface area contributed by atoms with E-state index in [0.717, 1.165) is 13.1 Å². The van der Waals surface area contributed by atoms with Crippen molar-refractivity contribution in [2.45, 2.75) is 57.4 Å². The van der Waals surface area contributed by atoms with Gasteiger partial charge in [0.1, 0.15) is 0 Å². The molecule has 0 unspecified atom stereocenters. The van der Waals surface area contributed by atoms with Crippen LogP contribution in [0, 0.1) is 0 Å². The molecule has 0 bridgehead atoms. The number of amides is 1. The van der Waals surface area contributed by atoms with E-state index in [1.807, 2.05) is 16.9 Å². The second kappa shape index (κ2) is 10.7. The number of hydrogen-bond acceptors (Lipinski definition) is 5.